The molecule has 2 N–H and O–H groups in total. The normalized spacial score (nSPS) is 54.9. The van der Waals surface area contributed by atoms with E-state index in [2.05, 4.69) is 0 Å². The standard InChI is InChI=1S/C6H8O3/c7-3-1-2-4-6(9-4)5(3)8/h1-8H/t3-,4+,5+,6+/m0/s1. The van der Waals surface area contributed by atoms with Crippen molar-refractivity contribution in [1.29, 1.82) is 0 Å². The summed E-state index contributed by atoms with van der Waals surface area (Å²) in [5.41, 5.74) is 0. The van der Waals surface area contributed by atoms with Gasteiger partial charge in [0.05, 0.1) is 0 Å². The Balaban J connectivity index is 2.16. The maximum atomic E-state index is 9.06. The summed E-state index contributed by atoms with van der Waals surface area (Å²) in [7, 11) is 0. The summed E-state index contributed by atoms with van der Waals surface area (Å²) >= 11 is 0. The van der Waals surface area contributed by atoms with Crippen molar-refractivity contribution < 1.29 is 14.9 Å². The maximum Gasteiger partial charge on any atom is 0.117 e. The van der Waals surface area contributed by atoms with Crippen LogP contribution in [0.5, 0.6) is 0 Å². The van der Waals surface area contributed by atoms with Gasteiger partial charge < -0.3 is 14.9 Å². The van der Waals surface area contributed by atoms with Crippen molar-refractivity contribution in [2.45, 2.75) is 24.4 Å². The molecule has 0 aromatic rings. The smallest absolute Gasteiger partial charge is 0.117 e. The summed E-state index contributed by atoms with van der Waals surface area (Å²) in [5.74, 6) is 0. The highest BCUT2D eigenvalue weighted by Crippen LogP contribution is 2.31. The number of fused-ring (bicyclic) bond motifs is 1. The first kappa shape index (κ1) is 5.41. The maximum absolute atomic E-state index is 9.06. The first-order valence-electron chi connectivity index (χ1n) is 2.99. The second kappa shape index (κ2) is 1.56. The van der Waals surface area contributed by atoms with E-state index in [0.29, 0.717) is 0 Å². The minimum absolute atomic E-state index is 0.0726. The molecule has 0 bridgehead atoms. The van der Waals surface area contributed by atoms with Gasteiger partial charge in [-0.15, -0.1) is 0 Å². The van der Waals surface area contributed by atoms with E-state index in [1.807, 2.05) is 0 Å². The molecule has 1 saturated heterocycles. The van der Waals surface area contributed by atoms with Gasteiger partial charge in [-0.2, -0.15) is 0 Å². The van der Waals surface area contributed by atoms with E-state index in [4.69, 9.17) is 14.9 Å². The number of aliphatic hydroxyl groups excluding tert-OH is 2. The largest absolute Gasteiger partial charge is 0.387 e. The van der Waals surface area contributed by atoms with Crippen molar-refractivity contribution in [3.05, 3.63) is 12.2 Å². The van der Waals surface area contributed by atoms with Crippen molar-refractivity contribution >= 4 is 0 Å². The van der Waals surface area contributed by atoms with Crippen LogP contribution in [0.4, 0.5) is 0 Å². The van der Waals surface area contributed by atoms with E-state index in [-0.39, 0.29) is 12.2 Å². The molecule has 50 valence electrons. The SMILES string of the molecule is O[C@H]1[C@@H]2O[C@@H]2C=C[C@@H]1O. The van der Waals surface area contributed by atoms with Gasteiger partial charge >= 0.3 is 0 Å². The molecule has 0 radical (unpaired) electrons. The van der Waals surface area contributed by atoms with Crippen molar-refractivity contribution in [3.8, 4) is 0 Å². The fourth-order valence-corrected chi connectivity index (χ4v) is 1.10. The molecule has 1 aliphatic carbocycles. The van der Waals surface area contributed by atoms with Gasteiger partial charge in [0.25, 0.3) is 0 Å². The molecule has 9 heavy (non-hydrogen) atoms. The highest BCUT2D eigenvalue weighted by Gasteiger charge is 2.47. The fourth-order valence-electron chi connectivity index (χ4n) is 1.10. The van der Waals surface area contributed by atoms with Crippen LogP contribution in [0.2, 0.25) is 0 Å². The zero-order valence-electron chi connectivity index (χ0n) is 4.77. The highest BCUT2D eigenvalue weighted by molar-refractivity contribution is 5.15. The summed E-state index contributed by atoms with van der Waals surface area (Å²) in [6, 6.07) is 0. The monoisotopic (exact) mass is 128 g/mol. The van der Waals surface area contributed by atoms with Gasteiger partial charge in [-0.05, 0) is 0 Å². The molecule has 1 fully saturated rings. The van der Waals surface area contributed by atoms with Gasteiger partial charge in [0.15, 0.2) is 0 Å². The van der Waals surface area contributed by atoms with Crippen LogP contribution in [0, 0.1) is 0 Å². The summed E-state index contributed by atoms with van der Waals surface area (Å²) in [6.45, 7) is 0. The minimum Gasteiger partial charge on any atom is -0.387 e. The third kappa shape index (κ3) is 0.694. The number of aliphatic hydroxyl groups is 2. The van der Waals surface area contributed by atoms with Crippen molar-refractivity contribution in [1.82, 2.24) is 0 Å². The second-order valence-corrected chi connectivity index (χ2v) is 2.43. The average molecular weight is 128 g/mol. The van der Waals surface area contributed by atoms with Crippen LogP contribution in [0.15, 0.2) is 12.2 Å². The van der Waals surface area contributed by atoms with E-state index in [9.17, 15) is 0 Å². The van der Waals surface area contributed by atoms with Crippen LogP contribution in [-0.4, -0.2) is 34.6 Å². The summed E-state index contributed by atoms with van der Waals surface area (Å²) in [5, 5.41) is 18.0. The zero-order valence-corrected chi connectivity index (χ0v) is 4.77. The van der Waals surface area contributed by atoms with E-state index >= 15 is 0 Å². The van der Waals surface area contributed by atoms with Crippen LogP contribution < -0.4 is 0 Å². The molecule has 1 aliphatic heterocycles. The van der Waals surface area contributed by atoms with Crippen LogP contribution >= 0.6 is 0 Å². The van der Waals surface area contributed by atoms with Gasteiger partial charge in [0.2, 0.25) is 0 Å². The molecule has 1 heterocycles. The minimum atomic E-state index is -0.728. The van der Waals surface area contributed by atoms with Crippen LogP contribution in [0.25, 0.3) is 0 Å². The van der Waals surface area contributed by atoms with Crippen LogP contribution in [0.3, 0.4) is 0 Å². The van der Waals surface area contributed by atoms with E-state index in [0.717, 1.165) is 0 Å². The molecular weight excluding hydrogens is 120 g/mol. The molecule has 0 saturated carbocycles. The van der Waals surface area contributed by atoms with Crippen molar-refractivity contribution in [2.24, 2.45) is 0 Å². The Labute approximate surface area is 52.6 Å². The number of hydrogen-bond acceptors (Lipinski definition) is 3. The lowest BCUT2D eigenvalue weighted by molar-refractivity contribution is 0.0288. The zero-order chi connectivity index (χ0) is 6.43. The Morgan fingerprint density at radius 2 is 2.00 bits per heavy atom. The Morgan fingerprint density at radius 3 is 2.67 bits per heavy atom. The third-order valence-corrected chi connectivity index (χ3v) is 1.75. The second-order valence-electron chi connectivity index (χ2n) is 2.43. The lowest BCUT2D eigenvalue weighted by atomic mass is 10.0. The predicted octanol–water partition coefficient (Wildman–Crippen LogP) is -0.955. The number of ether oxygens (including phenoxy) is 1. The van der Waals surface area contributed by atoms with Gasteiger partial charge in [-0.3, -0.25) is 0 Å². The molecule has 3 heteroatoms. The highest BCUT2D eigenvalue weighted by atomic mass is 16.6. The Bertz CT molecular complexity index is 154. The van der Waals surface area contributed by atoms with E-state index in [1.165, 1.54) is 0 Å². The molecule has 0 unspecified atom stereocenters. The van der Waals surface area contributed by atoms with E-state index < -0.39 is 12.2 Å². The molecule has 0 aromatic carbocycles. The summed E-state index contributed by atoms with van der Waals surface area (Å²) < 4.78 is 4.96. The summed E-state index contributed by atoms with van der Waals surface area (Å²) in [4.78, 5) is 0. The Hall–Kier alpha value is -0.380. The first-order valence-corrected chi connectivity index (χ1v) is 2.99. The van der Waals surface area contributed by atoms with E-state index in [1.54, 1.807) is 12.2 Å². The lowest BCUT2D eigenvalue weighted by Gasteiger charge is -2.13. The third-order valence-electron chi connectivity index (χ3n) is 1.75. The lowest BCUT2D eigenvalue weighted by Crippen LogP contribution is -2.32. The van der Waals surface area contributed by atoms with Gasteiger partial charge in [0.1, 0.15) is 24.4 Å². The molecule has 0 spiro atoms. The van der Waals surface area contributed by atoms with Gasteiger partial charge in [-0.1, -0.05) is 12.2 Å². The Kier molecular flexibility index (Phi) is 0.939. The molecule has 2 aliphatic rings. The van der Waals surface area contributed by atoms with Crippen molar-refractivity contribution in [2.75, 3.05) is 0 Å². The molecule has 0 aromatic heterocycles. The molecule has 2 rings (SSSR count). The van der Waals surface area contributed by atoms with Gasteiger partial charge in [-0.25, -0.2) is 0 Å². The first-order chi connectivity index (χ1) is 4.29. The average Bonchev–Trinajstić information content (AvgIpc) is 2.58. The molecule has 3 nitrogen and oxygen atoms in total. The Morgan fingerprint density at radius 1 is 1.22 bits per heavy atom. The quantitative estimate of drug-likeness (QED) is 0.326. The topological polar surface area (TPSA) is 53.0 Å². The number of epoxide rings is 1. The van der Waals surface area contributed by atoms with Crippen LogP contribution in [-0.2, 0) is 4.74 Å². The summed E-state index contributed by atoms with van der Waals surface area (Å²) in [6.07, 6.45) is 1.85. The van der Waals surface area contributed by atoms with Crippen molar-refractivity contribution in [3.63, 3.8) is 0 Å². The van der Waals surface area contributed by atoms with Crippen LogP contribution in [0.1, 0.15) is 0 Å². The predicted molar refractivity (Wildman–Crippen MR) is 29.8 cm³/mol. The fraction of sp³-hybridized carbons (Fsp3) is 0.667. The molecule has 0 amide bonds. The number of rotatable bonds is 0. The molecular formula is C6H8O3. The molecule has 4 atom stereocenters. The van der Waals surface area contributed by atoms with Gasteiger partial charge in [0, 0.05) is 0 Å². The number of hydrogen-bond donors (Lipinski definition) is 2.